The number of rotatable bonds is 10. The molecule has 1 amide bonds. The second-order valence-electron chi connectivity index (χ2n) is 9.66. The minimum atomic E-state index is -0.299. The fraction of sp³-hybridized carbons (Fsp3) is 0.630. The molecular formula is C27H38N4O3S2. The SMILES string of the molecule is CCCCCCCCN1C(=O)C(=Cc2c(C)c(C#N)c(=O)n(CC)c2N2CC(C)OC(C)C2)SC1=S. The van der Waals surface area contributed by atoms with Crippen LogP contribution in [0.4, 0.5) is 5.82 Å². The molecule has 2 saturated heterocycles. The first-order valence-corrected chi connectivity index (χ1v) is 14.3. The molecule has 0 radical (unpaired) electrons. The number of hydrogen-bond donors (Lipinski definition) is 0. The molecule has 0 spiro atoms. The van der Waals surface area contributed by atoms with Crippen LogP contribution in [0.1, 0.15) is 82.9 Å². The number of thioether (sulfide) groups is 1. The number of nitrogens with zero attached hydrogens (tertiary/aromatic N) is 4. The number of aromatic nitrogens is 1. The maximum atomic E-state index is 13.3. The molecule has 9 heteroatoms. The van der Waals surface area contributed by atoms with Crippen molar-refractivity contribution in [3.05, 3.63) is 31.9 Å². The van der Waals surface area contributed by atoms with E-state index in [1.165, 1.54) is 37.4 Å². The van der Waals surface area contributed by atoms with Crippen molar-refractivity contribution >= 4 is 46.1 Å². The first kappa shape index (κ1) is 28.4. The summed E-state index contributed by atoms with van der Waals surface area (Å²) in [5.41, 5.74) is 1.14. The molecule has 3 rings (SSSR count). The zero-order chi connectivity index (χ0) is 26.4. The number of hydrogen-bond acceptors (Lipinski definition) is 7. The van der Waals surface area contributed by atoms with Crippen molar-refractivity contribution in [1.29, 1.82) is 5.26 Å². The van der Waals surface area contributed by atoms with Crippen LogP contribution in [0.3, 0.4) is 0 Å². The third-order valence-electron chi connectivity index (χ3n) is 6.77. The van der Waals surface area contributed by atoms with E-state index in [1.807, 2.05) is 26.8 Å². The van der Waals surface area contributed by atoms with Gasteiger partial charge in [-0.05, 0) is 45.8 Å². The molecule has 1 aromatic heterocycles. The monoisotopic (exact) mass is 530 g/mol. The number of unbranched alkanes of at least 4 members (excludes halogenated alkanes) is 5. The minimum Gasteiger partial charge on any atom is -0.372 e. The Hall–Kier alpha value is -2.15. The predicted molar refractivity (Wildman–Crippen MR) is 151 cm³/mol. The van der Waals surface area contributed by atoms with Crippen LogP contribution in [-0.4, -0.2) is 51.5 Å². The van der Waals surface area contributed by atoms with Gasteiger partial charge in [-0.15, -0.1) is 0 Å². The van der Waals surface area contributed by atoms with Gasteiger partial charge < -0.3 is 9.64 Å². The first-order valence-electron chi connectivity index (χ1n) is 13.1. The van der Waals surface area contributed by atoms with E-state index in [2.05, 4.69) is 17.9 Å². The molecular weight excluding hydrogens is 492 g/mol. The molecule has 2 unspecified atom stereocenters. The van der Waals surface area contributed by atoms with E-state index < -0.39 is 0 Å². The van der Waals surface area contributed by atoms with Crippen LogP contribution >= 0.6 is 24.0 Å². The van der Waals surface area contributed by atoms with Gasteiger partial charge in [-0.3, -0.25) is 19.1 Å². The van der Waals surface area contributed by atoms with Crippen molar-refractivity contribution in [2.45, 2.75) is 91.9 Å². The van der Waals surface area contributed by atoms with E-state index in [0.29, 0.717) is 41.0 Å². The second-order valence-corrected chi connectivity index (χ2v) is 11.3. The average Bonchev–Trinajstić information content (AvgIpc) is 3.09. The van der Waals surface area contributed by atoms with Crippen LogP contribution < -0.4 is 10.5 Å². The van der Waals surface area contributed by atoms with Crippen LogP contribution in [0.25, 0.3) is 6.08 Å². The summed E-state index contributed by atoms with van der Waals surface area (Å²) >= 11 is 6.86. The maximum Gasteiger partial charge on any atom is 0.270 e. The Balaban J connectivity index is 1.98. The van der Waals surface area contributed by atoms with E-state index in [-0.39, 0.29) is 29.2 Å². The zero-order valence-corrected chi connectivity index (χ0v) is 23.8. The lowest BCUT2D eigenvalue weighted by Gasteiger charge is -2.39. The van der Waals surface area contributed by atoms with E-state index in [4.69, 9.17) is 17.0 Å². The number of morpholine rings is 1. The van der Waals surface area contributed by atoms with Crippen molar-refractivity contribution in [3.63, 3.8) is 0 Å². The molecule has 0 aliphatic carbocycles. The number of ether oxygens (including phenoxy) is 1. The van der Waals surface area contributed by atoms with Crippen LogP contribution in [0.2, 0.25) is 0 Å². The van der Waals surface area contributed by atoms with Crippen LogP contribution in [0.15, 0.2) is 9.70 Å². The summed E-state index contributed by atoms with van der Waals surface area (Å²) in [7, 11) is 0. The standard InChI is InChI=1S/C27H38N4O3S2/c1-6-8-9-10-11-12-13-31-26(33)23(36-27(31)35)14-21-20(5)22(15-28)25(32)30(7-2)24(21)29-16-18(3)34-19(4)17-29/h14,18-19H,6-13,16-17H2,1-5H3. The molecule has 2 atom stereocenters. The van der Waals surface area contributed by atoms with Crippen LogP contribution in [0.5, 0.6) is 0 Å². The van der Waals surface area contributed by atoms with Gasteiger partial charge in [-0.2, -0.15) is 5.26 Å². The van der Waals surface area contributed by atoms with Gasteiger partial charge >= 0.3 is 0 Å². The summed E-state index contributed by atoms with van der Waals surface area (Å²) in [5.74, 6) is 0.641. The number of thiocarbonyl (C=S) groups is 1. The van der Waals surface area contributed by atoms with Gasteiger partial charge in [0.1, 0.15) is 21.8 Å². The molecule has 1 aromatic rings. The van der Waals surface area contributed by atoms with Gasteiger partial charge in [-0.25, -0.2) is 0 Å². The molecule has 0 aromatic carbocycles. The topological polar surface area (TPSA) is 78.6 Å². The number of amides is 1. The highest BCUT2D eigenvalue weighted by molar-refractivity contribution is 8.26. The number of carbonyl (C=O) groups excluding carboxylic acids is 1. The number of pyridine rings is 1. The summed E-state index contributed by atoms with van der Waals surface area (Å²) in [4.78, 5) is 30.9. The molecule has 0 bridgehead atoms. The molecule has 2 fully saturated rings. The molecule has 2 aliphatic heterocycles. The molecule has 0 saturated carbocycles. The van der Waals surface area contributed by atoms with Gasteiger partial charge in [0.15, 0.2) is 0 Å². The minimum absolute atomic E-state index is 0.00602. The van der Waals surface area contributed by atoms with Gasteiger partial charge in [0, 0.05) is 31.7 Å². The lowest BCUT2D eigenvalue weighted by Crippen LogP contribution is -2.48. The zero-order valence-electron chi connectivity index (χ0n) is 22.1. The van der Waals surface area contributed by atoms with Gasteiger partial charge in [0.2, 0.25) is 0 Å². The Morgan fingerprint density at radius 1 is 1.11 bits per heavy atom. The highest BCUT2D eigenvalue weighted by atomic mass is 32.2. The summed E-state index contributed by atoms with van der Waals surface area (Å²) in [6, 6.07) is 2.10. The van der Waals surface area contributed by atoms with E-state index >= 15 is 0 Å². The number of anilines is 1. The largest absolute Gasteiger partial charge is 0.372 e. The summed E-state index contributed by atoms with van der Waals surface area (Å²) in [5, 5.41) is 9.78. The van der Waals surface area contributed by atoms with Crippen LogP contribution in [0, 0.1) is 18.3 Å². The van der Waals surface area contributed by atoms with Crippen molar-refractivity contribution < 1.29 is 9.53 Å². The lowest BCUT2D eigenvalue weighted by atomic mass is 10.0. The van der Waals surface area contributed by atoms with Gasteiger partial charge in [0.25, 0.3) is 11.5 Å². The molecule has 196 valence electrons. The number of nitriles is 1. The Kier molecular flexibility index (Phi) is 10.2. The number of carbonyl (C=O) groups is 1. The lowest BCUT2D eigenvalue weighted by molar-refractivity contribution is -0.122. The Labute approximate surface area is 224 Å². The third-order valence-corrected chi connectivity index (χ3v) is 8.14. The van der Waals surface area contributed by atoms with Crippen molar-refractivity contribution in [3.8, 4) is 6.07 Å². The average molecular weight is 531 g/mol. The summed E-state index contributed by atoms with van der Waals surface area (Å²) in [6.45, 7) is 12.2. The molecule has 3 heterocycles. The van der Waals surface area contributed by atoms with Crippen molar-refractivity contribution in [1.82, 2.24) is 9.47 Å². The fourth-order valence-corrected chi connectivity index (χ4v) is 6.29. The first-order chi connectivity index (χ1) is 17.2. The normalized spacial score (nSPS) is 21.5. The second kappa shape index (κ2) is 12.9. The van der Waals surface area contributed by atoms with Crippen LogP contribution in [-0.2, 0) is 16.1 Å². The molecule has 36 heavy (non-hydrogen) atoms. The van der Waals surface area contributed by atoms with E-state index in [0.717, 1.165) is 24.2 Å². The van der Waals surface area contributed by atoms with E-state index in [1.54, 1.807) is 16.4 Å². The summed E-state index contributed by atoms with van der Waals surface area (Å²) in [6.07, 6.45) is 8.69. The fourth-order valence-electron chi connectivity index (χ4n) is 5.00. The van der Waals surface area contributed by atoms with E-state index in [9.17, 15) is 14.9 Å². The molecule has 0 N–H and O–H groups in total. The molecule has 2 aliphatic rings. The quantitative estimate of drug-likeness (QED) is 0.233. The van der Waals surface area contributed by atoms with Crippen molar-refractivity contribution in [2.24, 2.45) is 0 Å². The Bertz CT molecular complexity index is 1110. The smallest absolute Gasteiger partial charge is 0.270 e. The van der Waals surface area contributed by atoms with Gasteiger partial charge in [-0.1, -0.05) is 63.0 Å². The third kappa shape index (κ3) is 6.21. The predicted octanol–water partition coefficient (Wildman–Crippen LogP) is 5.22. The van der Waals surface area contributed by atoms with Gasteiger partial charge in [0.05, 0.1) is 17.1 Å². The summed E-state index contributed by atoms with van der Waals surface area (Å²) < 4.78 is 8.14. The highest BCUT2D eigenvalue weighted by Gasteiger charge is 2.34. The Morgan fingerprint density at radius 3 is 2.36 bits per heavy atom. The highest BCUT2D eigenvalue weighted by Crippen LogP contribution is 2.36. The Morgan fingerprint density at radius 2 is 1.75 bits per heavy atom. The van der Waals surface area contributed by atoms with Crippen molar-refractivity contribution in [2.75, 3.05) is 24.5 Å². The molecule has 7 nitrogen and oxygen atoms in total. The maximum absolute atomic E-state index is 13.3.